The molecule has 0 spiro atoms. The molecule has 2 aliphatic rings. The summed E-state index contributed by atoms with van der Waals surface area (Å²) >= 11 is 0. The number of likely N-dealkylation sites (N-methyl/N-ethyl adjacent to an activating group) is 1. The second-order valence-electron chi connectivity index (χ2n) is 6.32. The van der Waals surface area contributed by atoms with E-state index < -0.39 is 0 Å². The minimum Gasteiger partial charge on any atom is -0.341 e. The van der Waals surface area contributed by atoms with Crippen molar-refractivity contribution in [2.45, 2.75) is 38.1 Å². The van der Waals surface area contributed by atoms with Crippen LogP contribution < -0.4 is 5.32 Å². The van der Waals surface area contributed by atoms with E-state index in [1.54, 1.807) is 0 Å². The van der Waals surface area contributed by atoms with Crippen LogP contribution in [0.1, 0.15) is 31.2 Å². The van der Waals surface area contributed by atoms with Crippen molar-refractivity contribution in [3.63, 3.8) is 0 Å². The first kappa shape index (κ1) is 16.3. The van der Waals surface area contributed by atoms with Gasteiger partial charge in [0.2, 0.25) is 5.91 Å². The summed E-state index contributed by atoms with van der Waals surface area (Å²) in [5, 5.41) is 3.32. The van der Waals surface area contributed by atoms with Crippen LogP contribution in [-0.2, 0) is 11.2 Å². The fourth-order valence-electron chi connectivity index (χ4n) is 3.34. The molecule has 1 N–H and O–H groups in total. The lowest BCUT2D eigenvalue weighted by molar-refractivity contribution is -0.138. The molecule has 3 rings (SSSR count). The number of piperidine rings is 1. The number of nitrogens with one attached hydrogen (secondary N) is 1. The van der Waals surface area contributed by atoms with E-state index in [1.807, 2.05) is 13.1 Å². The maximum atomic E-state index is 12.8. The van der Waals surface area contributed by atoms with Crippen LogP contribution in [0.4, 0.5) is 0 Å². The Morgan fingerprint density at radius 2 is 2.05 bits per heavy atom. The molecule has 116 valence electrons. The second-order valence-corrected chi connectivity index (χ2v) is 6.32. The predicted molar refractivity (Wildman–Crippen MR) is 87.7 cm³/mol. The molecule has 1 saturated heterocycles. The molecule has 0 aromatic heterocycles. The maximum absolute atomic E-state index is 12.8. The molecule has 3 nitrogen and oxygen atoms in total. The fraction of sp³-hybridized carbons (Fsp3) is 0.588. The highest BCUT2D eigenvalue weighted by atomic mass is 35.5. The van der Waals surface area contributed by atoms with Gasteiger partial charge in [-0.2, -0.15) is 0 Å². The number of hydrogen-bond acceptors (Lipinski definition) is 2. The van der Waals surface area contributed by atoms with Crippen molar-refractivity contribution < 1.29 is 4.79 Å². The van der Waals surface area contributed by atoms with Crippen molar-refractivity contribution in [1.29, 1.82) is 0 Å². The standard InChI is InChI=1S/C17H24N2O.ClH/c1-18-15-8-5-11-19(13-15)16(20)17(9-10-17)12-14-6-3-2-4-7-14;/h2-4,6-7,15,18H,5,8-13H2,1H3;1H. The van der Waals surface area contributed by atoms with Crippen LogP contribution in [0.5, 0.6) is 0 Å². The molecule has 1 amide bonds. The third kappa shape index (κ3) is 3.58. The Labute approximate surface area is 133 Å². The highest BCUT2D eigenvalue weighted by molar-refractivity contribution is 5.86. The van der Waals surface area contributed by atoms with Gasteiger partial charge in [-0.25, -0.2) is 0 Å². The Hall–Kier alpha value is -1.06. The van der Waals surface area contributed by atoms with Crippen molar-refractivity contribution in [2.75, 3.05) is 20.1 Å². The SMILES string of the molecule is CNC1CCCN(C(=O)C2(Cc3ccccc3)CC2)C1.Cl. The van der Waals surface area contributed by atoms with Gasteiger partial charge in [-0.3, -0.25) is 4.79 Å². The fourth-order valence-corrected chi connectivity index (χ4v) is 3.34. The molecule has 1 aromatic rings. The van der Waals surface area contributed by atoms with Crippen molar-refractivity contribution in [3.8, 4) is 0 Å². The summed E-state index contributed by atoms with van der Waals surface area (Å²) in [6.07, 6.45) is 5.33. The van der Waals surface area contributed by atoms with E-state index in [1.165, 1.54) is 12.0 Å². The van der Waals surface area contributed by atoms with Gasteiger partial charge in [0.05, 0.1) is 5.41 Å². The van der Waals surface area contributed by atoms with Gasteiger partial charge in [-0.05, 0) is 44.7 Å². The summed E-state index contributed by atoms with van der Waals surface area (Å²) in [6, 6.07) is 10.9. The predicted octanol–water partition coefficient (Wildman–Crippen LogP) is 2.64. The molecule has 0 radical (unpaired) electrons. The Balaban J connectivity index is 0.00000161. The molecule has 1 aliphatic carbocycles. The van der Waals surface area contributed by atoms with Crippen molar-refractivity contribution >= 4 is 18.3 Å². The van der Waals surface area contributed by atoms with E-state index in [0.717, 1.165) is 38.8 Å². The van der Waals surface area contributed by atoms with Crippen molar-refractivity contribution in [3.05, 3.63) is 35.9 Å². The monoisotopic (exact) mass is 308 g/mol. The molecular weight excluding hydrogens is 284 g/mol. The first-order valence-corrected chi connectivity index (χ1v) is 7.74. The molecule has 1 unspecified atom stereocenters. The number of nitrogens with zero attached hydrogens (tertiary/aromatic N) is 1. The van der Waals surface area contributed by atoms with Crippen LogP contribution in [0, 0.1) is 5.41 Å². The van der Waals surface area contributed by atoms with Gasteiger partial charge >= 0.3 is 0 Å². The first-order valence-electron chi connectivity index (χ1n) is 7.74. The van der Waals surface area contributed by atoms with Gasteiger partial charge in [0.25, 0.3) is 0 Å². The Bertz CT molecular complexity index is 473. The summed E-state index contributed by atoms with van der Waals surface area (Å²) in [7, 11) is 2.00. The molecule has 1 aromatic carbocycles. The number of carbonyl (C=O) groups excluding carboxylic acids is 1. The summed E-state index contributed by atoms with van der Waals surface area (Å²) in [4.78, 5) is 14.9. The van der Waals surface area contributed by atoms with Crippen LogP contribution in [-0.4, -0.2) is 37.0 Å². The molecule has 1 saturated carbocycles. The summed E-state index contributed by atoms with van der Waals surface area (Å²) in [6.45, 7) is 1.82. The average molecular weight is 309 g/mol. The number of halogens is 1. The number of likely N-dealkylation sites (tertiary alicyclic amines) is 1. The summed E-state index contributed by atoms with van der Waals surface area (Å²) in [5.74, 6) is 0.390. The first-order chi connectivity index (χ1) is 9.73. The van der Waals surface area contributed by atoms with Gasteiger partial charge in [0.15, 0.2) is 0 Å². The molecule has 1 aliphatic heterocycles. The van der Waals surface area contributed by atoms with E-state index >= 15 is 0 Å². The maximum Gasteiger partial charge on any atom is 0.229 e. The van der Waals surface area contributed by atoms with Crippen LogP contribution in [0.3, 0.4) is 0 Å². The zero-order chi connectivity index (χ0) is 14.0. The van der Waals surface area contributed by atoms with Crippen LogP contribution in [0.2, 0.25) is 0 Å². The molecule has 21 heavy (non-hydrogen) atoms. The number of hydrogen-bond donors (Lipinski definition) is 1. The molecule has 2 fully saturated rings. The van der Waals surface area contributed by atoms with Crippen molar-refractivity contribution in [2.24, 2.45) is 5.41 Å². The van der Waals surface area contributed by atoms with E-state index in [4.69, 9.17) is 0 Å². The van der Waals surface area contributed by atoms with E-state index in [0.29, 0.717) is 11.9 Å². The lowest BCUT2D eigenvalue weighted by Gasteiger charge is -2.35. The third-order valence-electron chi connectivity index (χ3n) is 4.81. The molecular formula is C17H25ClN2O. The number of rotatable bonds is 4. The van der Waals surface area contributed by atoms with E-state index in [-0.39, 0.29) is 17.8 Å². The summed E-state index contributed by atoms with van der Waals surface area (Å²) in [5.41, 5.74) is 1.21. The molecule has 1 heterocycles. The number of amides is 1. The van der Waals surface area contributed by atoms with Crippen LogP contribution in [0.25, 0.3) is 0 Å². The minimum atomic E-state index is -0.0863. The average Bonchev–Trinajstić information content (AvgIpc) is 3.28. The molecule has 1 atom stereocenters. The largest absolute Gasteiger partial charge is 0.341 e. The van der Waals surface area contributed by atoms with Gasteiger partial charge < -0.3 is 10.2 Å². The Kier molecular flexibility index (Phi) is 5.28. The minimum absolute atomic E-state index is 0. The van der Waals surface area contributed by atoms with Crippen LogP contribution >= 0.6 is 12.4 Å². The Morgan fingerprint density at radius 1 is 1.33 bits per heavy atom. The summed E-state index contributed by atoms with van der Waals surface area (Å²) < 4.78 is 0. The highest BCUT2D eigenvalue weighted by Gasteiger charge is 2.51. The lowest BCUT2D eigenvalue weighted by atomic mass is 9.93. The van der Waals surface area contributed by atoms with Crippen LogP contribution in [0.15, 0.2) is 30.3 Å². The normalized spacial score (nSPS) is 23.3. The zero-order valence-corrected chi connectivity index (χ0v) is 13.5. The second kappa shape index (κ2) is 6.80. The smallest absolute Gasteiger partial charge is 0.229 e. The third-order valence-corrected chi connectivity index (χ3v) is 4.81. The molecule has 4 heteroatoms. The number of carbonyl (C=O) groups is 1. The van der Waals surface area contributed by atoms with Gasteiger partial charge in [-0.1, -0.05) is 30.3 Å². The molecule has 0 bridgehead atoms. The lowest BCUT2D eigenvalue weighted by Crippen LogP contribution is -2.49. The zero-order valence-electron chi connectivity index (χ0n) is 12.7. The van der Waals surface area contributed by atoms with E-state index in [9.17, 15) is 4.79 Å². The highest BCUT2D eigenvalue weighted by Crippen LogP contribution is 2.50. The van der Waals surface area contributed by atoms with Gasteiger partial charge in [-0.15, -0.1) is 12.4 Å². The van der Waals surface area contributed by atoms with Gasteiger partial charge in [0, 0.05) is 19.1 Å². The van der Waals surface area contributed by atoms with Crippen molar-refractivity contribution in [1.82, 2.24) is 10.2 Å². The van der Waals surface area contributed by atoms with E-state index in [2.05, 4.69) is 34.5 Å². The topological polar surface area (TPSA) is 32.3 Å². The number of benzene rings is 1. The Morgan fingerprint density at radius 3 is 2.67 bits per heavy atom. The quantitative estimate of drug-likeness (QED) is 0.927. The van der Waals surface area contributed by atoms with Gasteiger partial charge in [0.1, 0.15) is 0 Å².